The molecule has 4 aromatic rings. The highest BCUT2D eigenvalue weighted by atomic mass is 35.5. The molecule has 0 atom stereocenters. The van der Waals surface area contributed by atoms with Crippen LogP contribution in [0.2, 0.25) is 5.02 Å². The van der Waals surface area contributed by atoms with Crippen LogP contribution in [0, 0.1) is 0 Å². The molecule has 0 fully saturated rings. The van der Waals surface area contributed by atoms with Crippen LogP contribution in [0.15, 0.2) is 72.8 Å². The zero-order valence-corrected chi connectivity index (χ0v) is 15.7. The van der Waals surface area contributed by atoms with Gasteiger partial charge in [0.25, 0.3) is 0 Å². The Kier molecular flexibility index (Phi) is 4.95. The maximum absolute atomic E-state index is 6.38. The van der Waals surface area contributed by atoms with Crippen LogP contribution in [-0.4, -0.2) is 16.7 Å². The van der Waals surface area contributed by atoms with Gasteiger partial charge in [-0.2, -0.15) is 0 Å². The predicted molar refractivity (Wildman–Crippen MR) is 112 cm³/mol. The van der Waals surface area contributed by atoms with Crippen molar-refractivity contribution in [2.75, 3.05) is 7.11 Å². The molecule has 0 bridgehead atoms. The number of hydrogen-bond donors (Lipinski definition) is 0. The third kappa shape index (κ3) is 3.74. The van der Waals surface area contributed by atoms with Crippen molar-refractivity contribution in [2.24, 2.45) is 0 Å². The monoisotopic (exact) mass is 374 g/mol. The van der Waals surface area contributed by atoms with E-state index in [0.717, 1.165) is 38.8 Å². The highest BCUT2D eigenvalue weighted by molar-refractivity contribution is 6.31. The number of halogens is 1. The van der Waals surface area contributed by atoms with Crippen molar-refractivity contribution in [2.45, 2.75) is 6.54 Å². The van der Waals surface area contributed by atoms with Crippen molar-refractivity contribution in [1.82, 2.24) is 9.55 Å². The molecule has 0 saturated heterocycles. The number of hydrogen-bond acceptors (Lipinski definition) is 2. The molecule has 3 aromatic carbocycles. The van der Waals surface area contributed by atoms with Gasteiger partial charge in [0, 0.05) is 5.02 Å². The average molecular weight is 375 g/mol. The van der Waals surface area contributed by atoms with Crippen LogP contribution in [0.4, 0.5) is 0 Å². The number of methoxy groups -OCH3 is 1. The minimum absolute atomic E-state index is 0.669. The number of rotatable bonds is 5. The largest absolute Gasteiger partial charge is 0.497 e. The Morgan fingerprint density at radius 1 is 0.926 bits per heavy atom. The lowest BCUT2D eigenvalue weighted by Crippen LogP contribution is -2.02. The first-order chi connectivity index (χ1) is 13.2. The van der Waals surface area contributed by atoms with E-state index >= 15 is 0 Å². The zero-order valence-electron chi connectivity index (χ0n) is 15.0. The number of aromatic nitrogens is 2. The van der Waals surface area contributed by atoms with Gasteiger partial charge in [0.15, 0.2) is 0 Å². The first-order valence-electron chi connectivity index (χ1n) is 8.75. The molecule has 0 N–H and O–H groups in total. The van der Waals surface area contributed by atoms with Crippen LogP contribution in [0.1, 0.15) is 17.0 Å². The van der Waals surface area contributed by atoms with E-state index < -0.39 is 0 Å². The topological polar surface area (TPSA) is 27.1 Å². The fourth-order valence-electron chi connectivity index (χ4n) is 3.07. The SMILES string of the molecule is COc1ccc(/C=C/c2nc3ccccc3n2Cc2ccccc2Cl)cc1. The second kappa shape index (κ2) is 7.68. The third-order valence-electron chi connectivity index (χ3n) is 4.51. The Labute approximate surface area is 163 Å². The van der Waals surface area contributed by atoms with E-state index in [4.69, 9.17) is 21.3 Å². The third-order valence-corrected chi connectivity index (χ3v) is 4.88. The van der Waals surface area contributed by atoms with E-state index in [2.05, 4.69) is 16.7 Å². The Bertz CT molecular complexity index is 1100. The second-order valence-electron chi connectivity index (χ2n) is 6.24. The number of benzene rings is 3. The average Bonchev–Trinajstić information content (AvgIpc) is 3.06. The molecule has 0 aliphatic carbocycles. The van der Waals surface area contributed by atoms with Crippen molar-refractivity contribution < 1.29 is 4.74 Å². The summed E-state index contributed by atoms with van der Waals surface area (Å²) >= 11 is 6.38. The summed E-state index contributed by atoms with van der Waals surface area (Å²) in [5, 5.41) is 0.764. The number of imidazole rings is 1. The molecule has 27 heavy (non-hydrogen) atoms. The minimum atomic E-state index is 0.669. The van der Waals surface area contributed by atoms with E-state index in [9.17, 15) is 0 Å². The van der Waals surface area contributed by atoms with Crippen LogP contribution in [0.3, 0.4) is 0 Å². The first kappa shape index (κ1) is 17.4. The molecular weight excluding hydrogens is 356 g/mol. The molecular formula is C23H19ClN2O. The van der Waals surface area contributed by atoms with Crippen molar-refractivity contribution in [3.8, 4) is 5.75 Å². The van der Waals surface area contributed by atoms with Gasteiger partial charge in [0.1, 0.15) is 11.6 Å². The van der Waals surface area contributed by atoms with E-state index in [1.54, 1.807) is 7.11 Å². The summed E-state index contributed by atoms with van der Waals surface area (Å²) in [4.78, 5) is 4.80. The molecule has 1 heterocycles. The zero-order chi connectivity index (χ0) is 18.6. The fraction of sp³-hybridized carbons (Fsp3) is 0.0870. The molecule has 0 saturated carbocycles. The first-order valence-corrected chi connectivity index (χ1v) is 9.13. The second-order valence-corrected chi connectivity index (χ2v) is 6.65. The predicted octanol–water partition coefficient (Wildman–Crippen LogP) is 5.92. The molecule has 0 aliphatic rings. The van der Waals surface area contributed by atoms with Gasteiger partial charge in [-0.25, -0.2) is 4.98 Å². The molecule has 1 aromatic heterocycles. The summed E-state index contributed by atoms with van der Waals surface area (Å²) in [6, 6.07) is 24.0. The molecule has 0 unspecified atom stereocenters. The van der Waals surface area contributed by atoms with E-state index in [1.807, 2.05) is 72.8 Å². The number of para-hydroxylation sites is 2. The summed E-state index contributed by atoms with van der Waals surface area (Å²) < 4.78 is 7.41. The molecule has 4 rings (SSSR count). The standard InChI is InChI=1S/C23H19ClN2O/c1-27-19-13-10-17(11-14-19)12-15-23-25-21-8-4-5-9-22(21)26(23)16-18-6-2-3-7-20(18)24/h2-15H,16H2,1H3/b15-12+. The Balaban J connectivity index is 1.73. The van der Waals surface area contributed by atoms with Crippen molar-refractivity contribution in [3.05, 3.63) is 94.8 Å². The van der Waals surface area contributed by atoms with Crippen LogP contribution in [-0.2, 0) is 6.54 Å². The van der Waals surface area contributed by atoms with Gasteiger partial charge in [-0.1, -0.05) is 60.1 Å². The lowest BCUT2D eigenvalue weighted by molar-refractivity contribution is 0.415. The summed E-state index contributed by atoms with van der Waals surface area (Å²) in [5.74, 6) is 1.74. The van der Waals surface area contributed by atoms with E-state index in [0.29, 0.717) is 6.54 Å². The highest BCUT2D eigenvalue weighted by Crippen LogP contribution is 2.23. The van der Waals surface area contributed by atoms with Gasteiger partial charge >= 0.3 is 0 Å². The fourth-order valence-corrected chi connectivity index (χ4v) is 3.27. The maximum Gasteiger partial charge on any atom is 0.134 e. The molecule has 134 valence electrons. The normalized spacial score (nSPS) is 11.3. The number of nitrogens with zero attached hydrogens (tertiary/aromatic N) is 2. The Morgan fingerprint density at radius 3 is 2.44 bits per heavy atom. The summed E-state index contributed by atoms with van der Waals surface area (Å²) in [6.07, 6.45) is 4.10. The van der Waals surface area contributed by atoms with Gasteiger partial charge in [-0.05, 0) is 47.5 Å². The quantitative estimate of drug-likeness (QED) is 0.433. The summed E-state index contributed by atoms with van der Waals surface area (Å²) in [7, 11) is 1.67. The summed E-state index contributed by atoms with van der Waals surface area (Å²) in [5.41, 5.74) is 4.22. The molecule has 0 aliphatic heterocycles. The van der Waals surface area contributed by atoms with Gasteiger partial charge < -0.3 is 9.30 Å². The van der Waals surface area contributed by atoms with Crippen molar-refractivity contribution >= 4 is 34.8 Å². The summed E-state index contributed by atoms with van der Waals surface area (Å²) in [6.45, 7) is 0.669. The van der Waals surface area contributed by atoms with E-state index in [1.165, 1.54) is 0 Å². The molecule has 4 heteroatoms. The van der Waals surface area contributed by atoms with Gasteiger partial charge in [-0.3, -0.25) is 0 Å². The molecule has 0 radical (unpaired) electrons. The lowest BCUT2D eigenvalue weighted by atomic mass is 10.2. The Morgan fingerprint density at radius 2 is 1.67 bits per heavy atom. The van der Waals surface area contributed by atoms with Crippen LogP contribution in [0.25, 0.3) is 23.2 Å². The van der Waals surface area contributed by atoms with Crippen LogP contribution < -0.4 is 4.74 Å². The molecule has 0 amide bonds. The minimum Gasteiger partial charge on any atom is -0.497 e. The van der Waals surface area contributed by atoms with Crippen molar-refractivity contribution in [1.29, 1.82) is 0 Å². The van der Waals surface area contributed by atoms with Crippen LogP contribution in [0.5, 0.6) is 5.75 Å². The van der Waals surface area contributed by atoms with Gasteiger partial charge in [0.2, 0.25) is 0 Å². The molecule has 3 nitrogen and oxygen atoms in total. The Hall–Kier alpha value is -3.04. The van der Waals surface area contributed by atoms with Crippen LogP contribution >= 0.6 is 11.6 Å². The number of fused-ring (bicyclic) bond motifs is 1. The molecule has 0 spiro atoms. The smallest absolute Gasteiger partial charge is 0.134 e. The van der Waals surface area contributed by atoms with Gasteiger partial charge in [-0.15, -0.1) is 0 Å². The highest BCUT2D eigenvalue weighted by Gasteiger charge is 2.10. The van der Waals surface area contributed by atoms with Crippen molar-refractivity contribution in [3.63, 3.8) is 0 Å². The maximum atomic E-state index is 6.38. The van der Waals surface area contributed by atoms with E-state index in [-0.39, 0.29) is 0 Å². The number of ether oxygens (including phenoxy) is 1. The van der Waals surface area contributed by atoms with Gasteiger partial charge in [0.05, 0.1) is 24.7 Å². The lowest BCUT2D eigenvalue weighted by Gasteiger charge is -2.09.